The summed E-state index contributed by atoms with van der Waals surface area (Å²) in [5.41, 5.74) is 1.17. The molecule has 0 radical (unpaired) electrons. The number of fused-ring (bicyclic) bond motifs is 5. The number of nitrogens with one attached hydrogen (secondary N) is 1. The zero-order valence-corrected chi connectivity index (χ0v) is 14.3. The Morgan fingerprint density at radius 1 is 1.08 bits per heavy atom. The standard InChI is InChI=1S/C20H24N4O/c25-20(23-12-17-15-6-7-16(10-15)18(17)13-23)22-19-8-9-21-24(19)11-14-4-2-1-3-5-14/h1-5,8-9,15-18H,6-7,10-13H2,(H,22,25)/t15-,16+,17-,18+. The van der Waals surface area contributed by atoms with Gasteiger partial charge in [-0.15, -0.1) is 0 Å². The Kier molecular flexibility index (Phi) is 3.54. The smallest absolute Gasteiger partial charge is 0.323 e. The molecule has 0 unspecified atom stereocenters. The average molecular weight is 336 g/mol. The van der Waals surface area contributed by atoms with Crippen molar-refractivity contribution in [2.45, 2.75) is 25.8 Å². The van der Waals surface area contributed by atoms with E-state index in [0.29, 0.717) is 6.54 Å². The van der Waals surface area contributed by atoms with Crippen LogP contribution in [0.15, 0.2) is 42.6 Å². The molecule has 130 valence electrons. The van der Waals surface area contributed by atoms with Gasteiger partial charge < -0.3 is 4.90 Å². The monoisotopic (exact) mass is 336 g/mol. The molecule has 4 atom stereocenters. The Balaban J connectivity index is 1.26. The van der Waals surface area contributed by atoms with Crippen LogP contribution in [0.2, 0.25) is 0 Å². The second-order valence-electron chi connectivity index (χ2n) is 7.86. The molecule has 2 bridgehead atoms. The van der Waals surface area contributed by atoms with Crippen molar-refractivity contribution in [1.82, 2.24) is 14.7 Å². The van der Waals surface area contributed by atoms with E-state index in [1.54, 1.807) is 6.20 Å². The summed E-state index contributed by atoms with van der Waals surface area (Å²) in [7, 11) is 0. The van der Waals surface area contributed by atoms with Gasteiger partial charge in [0, 0.05) is 19.2 Å². The van der Waals surface area contributed by atoms with Gasteiger partial charge in [-0.1, -0.05) is 30.3 Å². The number of likely N-dealkylation sites (tertiary alicyclic amines) is 1. The van der Waals surface area contributed by atoms with Gasteiger partial charge in [0.05, 0.1) is 12.7 Å². The first-order valence-corrected chi connectivity index (χ1v) is 9.39. The number of hydrogen-bond acceptors (Lipinski definition) is 2. The van der Waals surface area contributed by atoms with E-state index in [1.807, 2.05) is 33.8 Å². The van der Waals surface area contributed by atoms with Crippen LogP contribution in [0.4, 0.5) is 10.6 Å². The van der Waals surface area contributed by atoms with Crippen molar-refractivity contribution in [3.05, 3.63) is 48.2 Å². The first kappa shape index (κ1) is 15.0. The maximum atomic E-state index is 12.8. The van der Waals surface area contributed by atoms with Crippen molar-refractivity contribution in [1.29, 1.82) is 0 Å². The third-order valence-electron chi connectivity index (χ3n) is 6.55. The Labute approximate surface area is 148 Å². The van der Waals surface area contributed by atoms with Gasteiger partial charge in [0.1, 0.15) is 5.82 Å². The van der Waals surface area contributed by atoms with Crippen LogP contribution in [0.1, 0.15) is 24.8 Å². The number of benzene rings is 1. The quantitative estimate of drug-likeness (QED) is 0.933. The summed E-state index contributed by atoms with van der Waals surface area (Å²) in [5, 5.41) is 7.45. The molecule has 2 heterocycles. The third-order valence-corrected chi connectivity index (χ3v) is 6.55. The van der Waals surface area contributed by atoms with Crippen LogP contribution in [-0.4, -0.2) is 33.8 Å². The first-order valence-electron chi connectivity index (χ1n) is 9.39. The van der Waals surface area contributed by atoms with Crippen molar-refractivity contribution in [2.75, 3.05) is 18.4 Å². The molecule has 3 aliphatic rings. The number of nitrogens with zero attached hydrogens (tertiary/aromatic N) is 3. The molecule has 1 saturated heterocycles. The molecule has 5 heteroatoms. The Morgan fingerprint density at radius 3 is 2.52 bits per heavy atom. The van der Waals surface area contributed by atoms with E-state index < -0.39 is 0 Å². The zero-order valence-electron chi connectivity index (χ0n) is 14.3. The second-order valence-corrected chi connectivity index (χ2v) is 7.86. The van der Waals surface area contributed by atoms with E-state index in [1.165, 1.54) is 24.8 Å². The first-order chi connectivity index (χ1) is 12.3. The van der Waals surface area contributed by atoms with Gasteiger partial charge in [-0.3, -0.25) is 5.32 Å². The Hall–Kier alpha value is -2.30. The van der Waals surface area contributed by atoms with Crippen LogP contribution in [0, 0.1) is 23.7 Å². The lowest BCUT2D eigenvalue weighted by atomic mass is 9.82. The fourth-order valence-corrected chi connectivity index (χ4v) is 5.36. The predicted octanol–water partition coefficient (Wildman–Crippen LogP) is 3.44. The van der Waals surface area contributed by atoms with Crippen molar-refractivity contribution < 1.29 is 4.79 Å². The van der Waals surface area contributed by atoms with Gasteiger partial charge in [0.15, 0.2) is 0 Å². The molecule has 2 amide bonds. The fourth-order valence-electron chi connectivity index (χ4n) is 5.36. The Bertz CT molecular complexity index is 753. The lowest BCUT2D eigenvalue weighted by molar-refractivity contribution is 0.216. The van der Waals surface area contributed by atoms with E-state index in [-0.39, 0.29) is 6.03 Å². The summed E-state index contributed by atoms with van der Waals surface area (Å²) < 4.78 is 1.85. The highest BCUT2D eigenvalue weighted by Gasteiger charge is 2.52. The molecule has 1 aliphatic heterocycles. The molecular weight excluding hydrogens is 312 g/mol. The number of anilines is 1. The average Bonchev–Trinajstić information content (AvgIpc) is 3.38. The van der Waals surface area contributed by atoms with Crippen molar-refractivity contribution in [3.63, 3.8) is 0 Å². The summed E-state index contributed by atoms with van der Waals surface area (Å²) in [6.07, 6.45) is 5.92. The molecule has 5 rings (SSSR count). The van der Waals surface area contributed by atoms with Crippen molar-refractivity contribution in [3.8, 4) is 0 Å². The van der Waals surface area contributed by atoms with Crippen LogP contribution < -0.4 is 5.32 Å². The molecule has 2 aromatic rings. The fraction of sp³-hybridized carbons (Fsp3) is 0.500. The van der Waals surface area contributed by atoms with Crippen LogP contribution in [0.3, 0.4) is 0 Å². The molecule has 0 spiro atoms. The number of urea groups is 1. The van der Waals surface area contributed by atoms with Gasteiger partial charge in [-0.2, -0.15) is 5.10 Å². The largest absolute Gasteiger partial charge is 0.324 e. The number of amides is 2. The predicted molar refractivity (Wildman–Crippen MR) is 96.2 cm³/mol. The van der Waals surface area contributed by atoms with E-state index in [4.69, 9.17) is 0 Å². The van der Waals surface area contributed by atoms with E-state index in [0.717, 1.165) is 42.6 Å². The maximum Gasteiger partial charge on any atom is 0.323 e. The topological polar surface area (TPSA) is 50.2 Å². The minimum atomic E-state index is 0.0311. The second kappa shape index (κ2) is 5.90. The van der Waals surface area contributed by atoms with Gasteiger partial charge in [0.2, 0.25) is 0 Å². The zero-order chi connectivity index (χ0) is 16.8. The highest BCUT2D eigenvalue weighted by molar-refractivity contribution is 5.88. The van der Waals surface area contributed by atoms with Gasteiger partial charge in [0.25, 0.3) is 0 Å². The molecule has 3 fully saturated rings. The van der Waals surface area contributed by atoms with Crippen molar-refractivity contribution in [2.24, 2.45) is 23.7 Å². The molecule has 2 aliphatic carbocycles. The van der Waals surface area contributed by atoms with Crippen LogP contribution >= 0.6 is 0 Å². The summed E-state index contributed by atoms with van der Waals surface area (Å²) in [5.74, 6) is 4.01. The molecule has 1 aromatic carbocycles. The molecule has 25 heavy (non-hydrogen) atoms. The lowest BCUT2D eigenvalue weighted by Crippen LogP contribution is -2.34. The third kappa shape index (κ3) is 2.62. The number of rotatable bonds is 3. The number of carbonyl (C=O) groups excluding carboxylic acids is 1. The van der Waals surface area contributed by atoms with E-state index in [9.17, 15) is 4.79 Å². The van der Waals surface area contributed by atoms with Crippen LogP contribution in [0.25, 0.3) is 0 Å². The molecule has 1 N–H and O–H groups in total. The highest BCUT2D eigenvalue weighted by Crippen LogP contribution is 2.55. The number of hydrogen-bond donors (Lipinski definition) is 1. The summed E-state index contributed by atoms with van der Waals surface area (Å²) in [6.45, 7) is 2.54. The number of carbonyl (C=O) groups is 1. The minimum Gasteiger partial charge on any atom is -0.324 e. The minimum absolute atomic E-state index is 0.0311. The van der Waals surface area contributed by atoms with E-state index in [2.05, 4.69) is 22.5 Å². The molecule has 2 saturated carbocycles. The van der Waals surface area contributed by atoms with Gasteiger partial charge in [-0.05, 0) is 48.5 Å². The Morgan fingerprint density at radius 2 is 1.80 bits per heavy atom. The summed E-state index contributed by atoms with van der Waals surface area (Å²) in [4.78, 5) is 14.8. The SMILES string of the molecule is O=C(Nc1ccnn1Cc1ccccc1)N1C[C@@H]2[C@@H]3CC[C@@H](C3)[C@@H]2C1. The van der Waals surface area contributed by atoms with Gasteiger partial charge in [-0.25, -0.2) is 9.48 Å². The van der Waals surface area contributed by atoms with Gasteiger partial charge >= 0.3 is 6.03 Å². The van der Waals surface area contributed by atoms with Crippen LogP contribution in [0.5, 0.6) is 0 Å². The summed E-state index contributed by atoms with van der Waals surface area (Å²) >= 11 is 0. The highest BCUT2D eigenvalue weighted by atomic mass is 16.2. The van der Waals surface area contributed by atoms with E-state index >= 15 is 0 Å². The normalized spacial score (nSPS) is 29.8. The molecule has 5 nitrogen and oxygen atoms in total. The molecule has 1 aromatic heterocycles. The lowest BCUT2D eigenvalue weighted by Gasteiger charge is -2.22. The maximum absolute atomic E-state index is 12.8. The number of aromatic nitrogens is 2. The molecular formula is C20H24N4O. The van der Waals surface area contributed by atoms with Crippen molar-refractivity contribution >= 4 is 11.8 Å². The van der Waals surface area contributed by atoms with Crippen LogP contribution in [-0.2, 0) is 6.54 Å². The summed E-state index contributed by atoms with van der Waals surface area (Å²) in [6, 6.07) is 12.1.